The predicted molar refractivity (Wildman–Crippen MR) is 85.2 cm³/mol. The lowest BCUT2D eigenvalue weighted by atomic mass is 10.2. The van der Waals surface area contributed by atoms with Crippen molar-refractivity contribution in [3.63, 3.8) is 0 Å². The van der Waals surface area contributed by atoms with Crippen LogP contribution in [0.15, 0.2) is 35.4 Å². The van der Waals surface area contributed by atoms with Crippen molar-refractivity contribution < 1.29 is 4.74 Å². The molecule has 2 rings (SSSR count). The number of ether oxygens (including phenoxy) is 1. The van der Waals surface area contributed by atoms with Crippen molar-refractivity contribution in [1.29, 1.82) is 0 Å². The fourth-order valence-electron chi connectivity index (χ4n) is 2.34. The minimum atomic E-state index is 0.416. The summed E-state index contributed by atoms with van der Waals surface area (Å²) in [5.74, 6) is 0. The van der Waals surface area contributed by atoms with Crippen molar-refractivity contribution >= 4 is 23.4 Å². The normalized spacial score (nSPS) is 20.1. The summed E-state index contributed by atoms with van der Waals surface area (Å²) < 4.78 is 5.24. The van der Waals surface area contributed by atoms with E-state index >= 15 is 0 Å². The van der Waals surface area contributed by atoms with E-state index < -0.39 is 0 Å². The molecule has 0 radical (unpaired) electrons. The van der Waals surface area contributed by atoms with Crippen LogP contribution in [0, 0.1) is 0 Å². The number of hydrazone groups is 1. The lowest BCUT2D eigenvalue weighted by Crippen LogP contribution is -2.29. The molecule has 1 heterocycles. The lowest BCUT2D eigenvalue weighted by molar-refractivity contribution is 0.118. The molecule has 1 aromatic carbocycles. The molecule has 1 fully saturated rings. The SMILES string of the molecule is COC[C@@H]1CCCN1/N=C(C)/C=C/c1ccc(Cl)cc1. The van der Waals surface area contributed by atoms with Crippen molar-refractivity contribution in [3.8, 4) is 0 Å². The molecule has 1 aliphatic heterocycles. The van der Waals surface area contributed by atoms with Crippen LogP contribution < -0.4 is 0 Å². The number of hydrogen-bond donors (Lipinski definition) is 0. The Hall–Kier alpha value is -1.32. The zero-order valence-corrected chi connectivity index (χ0v) is 12.8. The second-order valence-electron chi connectivity index (χ2n) is 5.04. The Bertz CT molecular complexity index is 482. The highest BCUT2D eigenvalue weighted by Crippen LogP contribution is 2.18. The average molecular weight is 293 g/mol. The summed E-state index contributed by atoms with van der Waals surface area (Å²) >= 11 is 5.87. The number of methoxy groups -OCH3 is 1. The highest BCUT2D eigenvalue weighted by atomic mass is 35.5. The van der Waals surface area contributed by atoms with Crippen molar-refractivity contribution in [3.05, 3.63) is 40.9 Å². The van der Waals surface area contributed by atoms with Crippen molar-refractivity contribution in [1.82, 2.24) is 5.01 Å². The van der Waals surface area contributed by atoms with Crippen LogP contribution in [0.4, 0.5) is 0 Å². The molecule has 3 nitrogen and oxygen atoms in total. The molecule has 0 bridgehead atoms. The fourth-order valence-corrected chi connectivity index (χ4v) is 2.47. The van der Waals surface area contributed by atoms with Gasteiger partial charge in [-0.2, -0.15) is 5.10 Å². The Morgan fingerprint density at radius 1 is 1.45 bits per heavy atom. The van der Waals surface area contributed by atoms with E-state index in [9.17, 15) is 0 Å². The molecular weight excluding hydrogens is 272 g/mol. The molecule has 20 heavy (non-hydrogen) atoms. The van der Waals surface area contributed by atoms with Crippen LogP contribution in [0.3, 0.4) is 0 Å². The van der Waals surface area contributed by atoms with Gasteiger partial charge in [-0.25, -0.2) is 0 Å². The van der Waals surface area contributed by atoms with E-state index in [1.807, 2.05) is 37.3 Å². The maximum absolute atomic E-state index is 5.87. The monoisotopic (exact) mass is 292 g/mol. The number of halogens is 1. The minimum Gasteiger partial charge on any atom is -0.382 e. The molecule has 0 amide bonds. The number of rotatable bonds is 5. The summed E-state index contributed by atoms with van der Waals surface area (Å²) in [6.07, 6.45) is 6.43. The highest BCUT2D eigenvalue weighted by Gasteiger charge is 2.22. The summed E-state index contributed by atoms with van der Waals surface area (Å²) in [5, 5.41) is 7.57. The average Bonchev–Trinajstić information content (AvgIpc) is 2.86. The second kappa shape index (κ2) is 7.46. The van der Waals surface area contributed by atoms with Crippen LogP contribution in [-0.2, 0) is 4.74 Å². The van der Waals surface area contributed by atoms with Crippen molar-refractivity contribution in [2.45, 2.75) is 25.8 Å². The summed E-state index contributed by atoms with van der Waals surface area (Å²) in [7, 11) is 1.74. The number of nitrogens with zero attached hydrogens (tertiary/aromatic N) is 2. The molecule has 0 saturated carbocycles. The number of allylic oxidation sites excluding steroid dienone is 1. The molecule has 1 aromatic rings. The van der Waals surface area contributed by atoms with E-state index in [0.29, 0.717) is 6.04 Å². The summed E-state index contributed by atoms with van der Waals surface area (Å²) in [4.78, 5) is 0. The third-order valence-electron chi connectivity index (χ3n) is 3.38. The molecule has 1 atom stereocenters. The first-order valence-electron chi connectivity index (χ1n) is 6.93. The maximum Gasteiger partial charge on any atom is 0.0704 e. The van der Waals surface area contributed by atoms with E-state index in [2.05, 4.69) is 16.2 Å². The Morgan fingerprint density at radius 3 is 2.90 bits per heavy atom. The van der Waals surface area contributed by atoms with Crippen LogP contribution >= 0.6 is 11.6 Å². The van der Waals surface area contributed by atoms with Gasteiger partial charge < -0.3 is 4.74 Å². The molecule has 4 heteroatoms. The molecule has 0 spiro atoms. The zero-order valence-electron chi connectivity index (χ0n) is 12.1. The molecule has 0 aromatic heterocycles. The van der Waals surface area contributed by atoms with Crippen LogP contribution in [0.2, 0.25) is 5.02 Å². The van der Waals surface area contributed by atoms with E-state index in [4.69, 9.17) is 16.3 Å². The zero-order chi connectivity index (χ0) is 14.4. The Balaban J connectivity index is 1.98. The van der Waals surface area contributed by atoms with Crippen molar-refractivity contribution in [2.24, 2.45) is 5.10 Å². The third-order valence-corrected chi connectivity index (χ3v) is 3.63. The number of hydrogen-bond acceptors (Lipinski definition) is 3. The smallest absolute Gasteiger partial charge is 0.0704 e. The summed E-state index contributed by atoms with van der Waals surface area (Å²) in [5.41, 5.74) is 2.13. The topological polar surface area (TPSA) is 24.8 Å². The Kier molecular flexibility index (Phi) is 5.62. The van der Waals surface area contributed by atoms with E-state index in [-0.39, 0.29) is 0 Å². The fraction of sp³-hybridized carbons (Fsp3) is 0.438. The molecule has 0 aliphatic carbocycles. The Morgan fingerprint density at radius 2 is 2.20 bits per heavy atom. The van der Waals surface area contributed by atoms with Crippen LogP contribution in [0.25, 0.3) is 6.08 Å². The third kappa shape index (κ3) is 4.36. The molecule has 108 valence electrons. The Labute approximate surface area is 125 Å². The van der Waals surface area contributed by atoms with Gasteiger partial charge in [-0.05, 0) is 43.5 Å². The van der Waals surface area contributed by atoms with Crippen LogP contribution in [-0.4, -0.2) is 37.0 Å². The summed E-state index contributed by atoms with van der Waals surface area (Å²) in [6, 6.07) is 8.19. The first-order chi connectivity index (χ1) is 9.69. The first-order valence-corrected chi connectivity index (χ1v) is 7.31. The van der Waals surface area contributed by atoms with Gasteiger partial charge in [0, 0.05) is 18.7 Å². The van der Waals surface area contributed by atoms with Gasteiger partial charge in [-0.15, -0.1) is 0 Å². The molecule has 1 saturated heterocycles. The van der Waals surface area contributed by atoms with Crippen LogP contribution in [0.1, 0.15) is 25.3 Å². The van der Waals surface area contributed by atoms with E-state index in [1.54, 1.807) is 7.11 Å². The van der Waals surface area contributed by atoms with Gasteiger partial charge in [-0.3, -0.25) is 5.01 Å². The molecule has 0 unspecified atom stereocenters. The minimum absolute atomic E-state index is 0.416. The van der Waals surface area contributed by atoms with Gasteiger partial charge in [0.2, 0.25) is 0 Å². The van der Waals surface area contributed by atoms with Gasteiger partial charge in [-0.1, -0.05) is 29.8 Å². The van der Waals surface area contributed by atoms with Gasteiger partial charge >= 0.3 is 0 Å². The lowest BCUT2D eigenvalue weighted by Gasteiger charge is -2.21. The van der Waals surface area contributed by atoms with Gasteiger partial charge in [0.05, 0.1) is 18.4 Å². The number of benzene rings is 1. The van der Waals surface area contributed by atoms with Gasteiger partial charge in [0.1, 0.15) is 0 Å². The highest BCUT2D eigenvalue weighted by molar-refractivity contribution is 6.30. The van der Waals surface area contributed by atoms with E-state index in [1.165, 1.54) is 6.42 Å². The largest absolute Gasteiger partial charge is 0.382 e. The first kappa shape index (κ1) is 15.1. The van der Waals surface area contributed by atoms with E-state index in [0.717, 1.165) is 35.9 Å². The maximum atomic E-state index is 5.87. The van der Waals surface area contributed by atoms with Crippen molar-refractivity contribution in [2.75, 3.05) is 20.3 Å². The summed E-state index contributed by atoms with van der Waals surface area (Å²) in [6.45, 7) is 3.78. The molecule has 1 aliphatic rings. The molecular formula is C16H21ClN2O. The predicted octanol–water partition coefficient (Wildman–Crippen LogP) is 3.84. The second-order valence-corrected chi connectivity index (χ2v) is 5.48. The quantitative estimate of drug-likeness (QED) is 0.770. The standard InChI is InChI=1S/C16H21ClN2O/c1-13(5-6-14-7-9-15(17)10-8-14)18-19-11-3-4-16(19)12-20-2/h5-10,16H,3-4,11-12H2,1-2H3/b6-5+,18-13+/t16-/m0/s1. The van der Waals surface area contributed by atoms with Gasteiger partial charge in [0.15, 0.2) is 0 Å². The van der Waals surface area contributed by atoms with Crippen LogP contribution in [0.5, 0.6) is 0 Å². The molecule has 0 N–H and O–H groups in total. The van der Waals surface area contributed by atoms with Gasteiger partial charge in [0.25, 0.3) is 0 Å².